The van der Waals surface area contributed by atoms with E-state index in [1.54, 1.807) is 0 Å². The SMILES string of the molecule is O=C(O)C1CCC([N+](=O)[O-])CC1C(=O)NC1CCC(CC2CCC(C(NO)C3CC([N+](=O)[O-])CCC3C(=O)O)C(Cl)C2)CC1Cl. The van der Waals surface area contributed by atoms with Gasteiger partial charge in [-0.25, -0.2) is 5.48 Å². The second-order valence-electron chi connectivity index (χ2n) is 13.7. The number of alkyl halides is 2. The lowest BCUT2D eigenvalue weighted by atomic mass is 9.66. The van der Waals surface area contributed by atoms with Crippen LogP contribution >= 0.6 is 23.2 Å². The largest absolute Gasteiger partial charge is 0.481 e. The fourth-order valence-corrected chi connectivity index (χ4v) is 9.66. The summed E-state index contributed by atoms with van der Waals surface area (Å²) in [5.74, 6) is -5.71. The zero-order valence-electron chi connectivity index (χ0n) is 25.0. The van der Waals surface area contributed by atoms with Crippen molar-refractivity contribution in [2.75, 3.05) is 0 Å². The summed E-state index contributed by atoms with van der Waals surface area (Å²) in [6, 6.07) is -2.83. The Balaban J connectivity index is 1.29. The number of nitro groups is 2. The van der Waals surface area contributed by atoms with E-state index in [1.807, 2.05) is 0 Å². The van der Waals surface area contributed by atoms with Crippen molar-refractivity contribution in [3.8, 4) is 0 Å². The molecule has 4 rings (SSSR count). The molecule has 13 unspecified atom stereocenters. The zero-order chi connectivity index (χ0) is 33.0. The Morgan fingerprint density at radius 3 is 1.80 bits per heavy atom. The molecule has 0 bridgehead atoms. The van der Waals surface area contributed by atoms with Gasteiger partial charge in [0, 0.05) is 53.0 Å². The molecule has 0 saturated heterocycles. The van der Waals surface area contributed by atoms with Gasteiger partial charge in [0.1, 0.15) is 0 Å². The highest BCUT2D eigenvalue weighted by atomic mass is 35.5. The highest BCUT2D eigenvalue weighted by Crippen LogP contribution is 2.45. The number of carbonyl (C=O) groups excluding carboxylic acids is 1. The van der Waals surface area contributed by atoms with Gasteiger partial charge in [0.2, 0.25) is 18.0 Å². The Labute approximate surface area is 271 Å². The summed E-state index contributed by atoms with van der Waals surface area (Å²) in [7, 11) is 0. The Hall–Kier alpha value is -2.29. The van der Waals surface area contributed by atoms with E-state index in [9.17, 15) is 50.0 Å². The number of hydrogen-bond acceptors (Lipinski definition) is 9. The third-order valence-corrected chi connectivity index (χ3v) is 12.1. The van der Waals surface area contributed by atoms with Crippen LogP contribution in [0.1, 0.15) is 83.5 Å². The molecule has 4 aliphatic rings. The maximum Gasteiger partial charge on any atom is 0.307 e. The highest BCUT2D eigenvalue weighted by molar-refractivity contribution is 6.21. The number of carboxylic acids is 2. The van der Waals surface area contributed by atoms with E-state index in [-0.39, 0.29) is 78.0 Å². The number of carbonyl (C=O) groups is 3. The number of aliphatic carboxylic acids is 2. The van der Waals surface area contributed by atoms with Gasteiger partial charge in [-0.1, -0.05) is 6.42 Å². The Kier molecular flexibility index (Phi) is 12.3. The number of rotatable bonds is 11. The van der Waals surface area contributed by atoms with Crippen molar-refractivity contribution in [1.29, 1.82) is 0 Å². The lowest BCUT2D eigenvalue weighted by molar-refractivity contribution is -0.529. The monoisotopic (exact) mass is 678 g/mol. The molecule has 0 aromatic rings. The first kappa shape index (κ1) is 35.6. The quantitative estimate of drug-likeness (QED) is 0.120. The molecular weight excluding hydrogens is 635 g/mol. The molecule has 1 amide bonds. The second kappa shape index (κ2) is 15.5. The van der Waals surface area contributed by atoms with Crippen LogP contribution in [0.3, 0.4) is 0 Å². The summed E-state index contributed by atoms with van der Waals surface area (Å²) in [4.78, 5) is 58.8. The maximum atomic E-state index is 13.1. The highest BCUT2D eigenvalue weighted by Gasteiger charge is 2.48. The van der Waals surface area contributed by atoms with Gasteiger partial charge in [0.25, 0.3) is 0 Å². The first-order valence-electron chi connectivity index (χ1n) is 16.0. The van der Waals surface area contributed by atoms with Crippen LogP contribution in [-0.2, 0) is 14.4 Å². The van der Waals surface area contributed by atoms with Crippen molar-refractivity contribution in [2.45, 2.75) is 118 Å². The number of hydroxylamine groups is 1. The number of hydrogen-bond donors (Lipinski definition) is 5. The van der Waals surface area contributed by atoms with Crippen molar-refractivity contribution in [1.82, 2.24) is 10.8 Å². The molecule has 0 spiro atoms. The van der Waals surface area contributed by atoms with E-state index in [4.69, 9.17) is 23.2 Å². The van der Waals surface area contributed by atoms with Crippen LogP contribution in [0.4, 0.5) is 0 Å². The lowest BCUT2D eigenvalue weighted by Crippen LogP contribution is -2.52. The summed E-state index contributed by atoms with van der Waals surface area (Å²) in [5, 5.41) is 54.4. The number of nitrogens with one attached hydrogen (secondary N) is 2. The smallest absolute Gasteiger partial charge is 0.307 e. The van der Waals surface area contributed by atoms with Gasteiger partial charge in [0.15, 0.2) is 0 Å². The van der Waals surface area contributed by atoms with Crippen molar-refractivity contribution in [3.05, 3.63) is 20.2 Å². The van der Waals surface area contributed by atoms with Crippen molar-refractivity contribution < 1.29 is 39.7 Å². The molecule has 4 saturated carbocycles. The van der Waals surface area contributed by atoms with E-state index in [1.165, 1.54) is 0 Å². The van der Waals surface area contributed by atoms with Crippen LogP contribution in [0.2, 0.25) is 0 Å². The van der Waals surface area contributed by atoms with Crippen LogP contribution in [0.5, 0.6) is 0 Å². The fraction of sp³-hybridized carbons (Fsp3) is 0.897. The predicted octanol–water partition coefficient (Wildman–Crippen LogP) is 3.93. The summed E-state index contributed by atoms with van der Waals surface area (Å²) in [5.41, 5.74) is 2.29. The van der Waals surface area contributed by atoms with Crippen LogP contribution in [0.25, 0.3) is 0 Å². The Bertz CT molecular complexity index is 1120. The second-order valence-corrected chi connectivity index (χ2v) is 14.8. The van der Waals surface area contributed by atoms with E-state index in [0.717, 1.165) is 19.3 Å². The predicted molar refractivity (Wildman–Crippen MR) is 161 cm³/mol. The molecule has 0 aromatic heterocycles. The van der Waals surface area contributed by atoms with Crippen LogP contribution in [-0.4, -0.2) is 78.0 Å². The van der Waals surface area contributed by atoms with Gasteiger partial charge in [-0.2, -0.15) is 0 Å². The standard InChI is InChI=1S/C29H44Cl2N4O10/c30-23-10-14(1-5-20(23)26(33-41)21-12-16(34(42)43)3-6-18(21)28(37)38)9-15-2-8-25(24(31)11-15)32-27(36)22-13-17(35(44)45)4-7-19(22)29(39)40/h14-26,33,41H,1-13H2,(H,32,36)(H,37,38)(H,39,40). The van der Waals surface area contributed by atoms with Crippen molar-refractivity contribution >= 4 is 41.0 Å². The van der Waals surface area contributed by atoms with Crippen LogP contribution < -0.4 is 10.8 Å². The third kappa shape index (κ3) is 8.55. The van der Waals surface area contributed by atoms with Gasteiger partial charge in [-0.15, -0.1) is 23.2 Å². The first-order valence-corrected chi connectivity index (χ1v) is 16.9. The molecule has 5 N–H and O–H groups in total. The average Bonchev–Trinajstić information content (AvgIpc) is 2.99. The van der Waals surface area contributed by atoms with E-state index in [2.05, 4.69) is 10.8 Å². The Morgan fingerprint density at radius 1 is 0.711 bits per heavy atom. The van der Waals surface area contributed by atoms with E-state index < -0.39 is 64.6 Å². The van der Waals surface area contributed by atoms with Crippen LogP contribution in [0.15, 0.2) is 0 Å². The van der Waals surface area contributed by atoms with Gasteiger partial charge in [-0.3, -0.25) is 34.6 Å². The first-order chi connectivity index (χ1) is 21.3. The summed E-state index contributed by atoms with van der Waals surface area (Å²) < 4.78 is 0. The van der Waals surface area contributed by atoms with E-state index in [0.29, 0.717) is 25.7 Å². The van der Waals surface area contributed by atoms with Gasteiger partial charge in [0.05, 0.1) is 23.1 Å². The normalized spacial score (nSPS) is 39.7. The molecule has 0 aromatic carbocycles. The molecule has 16 heteroatoms. The third-order valence-electron chi connectivity index (χ3n) is 11.1. The molecule has 254 valence electrons. The molecule has 0 radical (unpaired) electrons. The summed E-state index contributed by atoms with van der Waals surface area (Å²) in [6.45, 7) is 0. The molecule has 13 atom stereocenters. The van der Waals surface area contributed by atoms with Crippen molar-refractivity contribution in [3.63, 3.8) is 0 Å². The molecule has 14 nitrogen and oxygen atoms in total. The summed E-state index contributed by atoms with van der Waals surface area (Å²) >= 11 is 13.6. The van der Waals surface area contributed by atoms with Gasteiger partial charge in [-0.05, 0) is 75.0 Å². The average molecular weight is 680 g/mol. The molecule has 45 heavy (non-hydrogen) atoms. The molecule has 4 aliphatic carbocycles. The summed E-state index contributed by atoms with van der Waals surface area (Å²) in [6.07, 6.45) is 5.49. The zero-order valence-corrected chi connectivity index (χ0v) is 26.6. The van der Waals surface area contributed by atoms with E-state index >= 15 is 0 Å². The number of amides is 1. The number of carboxylic acid groups (broad SMARTS) is 2. The number of halogens is 2. The molecule has 4 fully saturated rings. The molecular formula is C29H44Cl2N4O10. The fourth-order valence-electron chi connectivity index (χ4n) is 8.68. The van der Waals surface area contributed by atoms with Gasteiger partial charge >= 0.3 is 11.9 Å². The van der Waals surface area contributed by atoms with Gasteiger partial charge < -0.3 is 20.7 Å². The Morgan fingerprint density at radius 2 is 1.27 bits per heavy atom. The minimum absolute atomic E-state index is 0.0661. The minimum Gasteiger partial charge on any atom is -0.481 e. The lowest BCUT2D eigenvalue weighted by Gasteiger charge is -2.44. The molecule has 0 aliphatic heterocycles. The maximum absolute atomic E-state index is 13.1. The van der Waals surface area contributed by atoms with Crippen molar-refractivity contribution in [2.24, 2.45) is 41.4 Å². The minimum atomic E-state index is -1.13. The van der Waals surface area contributed by atoms with Crippen LogP contribution in [0, 0.1) is 61.7 Å². The molecule has 0 heterocycles. The topological polar surface area (TPSA) is 222 Å². The number of nitrogens with zero attached hydrogens (tertiary/aromatic N) is 2.